The van der Waals surface area contributed by atoms with Crippen LogP contribution in [0, 0.1) is 0 Å². The highest BCUT2D eigenvalue weighted by molar-refractivity contribution is 6.01. The summed E-state index contributed by atoms with van der Waals surface area (Å²) in [5.74, 6) is 0.184. The molecule has 0 amide bonds. The molecule has 144 valence electrons. The molecule has 0 spiro atoms. The molecule has 2 heterocycles. The highest BCUT2D eigenvalue weighted by Crippen LogP contribution is 2.33. The van der Waals surface area contributed by atoms with Crippen LogP contribution >= 0.6 is 0 Å². The SMILES string of the molecule is O=c1[nH]cccc1-c1nc(C=Nc2cccc3cccc(O)c23)cc2ccccc12. The Balaban J connectivity index is 1.68. The molecule has 2 aromatic heterocycles. The van der Waals surface area contributed by atoms with Crippen molar-refractivity contribution in [2.24, 2.45) is 4.99 Å². The van der Waals surface area contributed by atoms with Gasteiger partial charge in [-0.05, 0) is 41.1 Å². The van der Waals surface area contributed by atoms with Crippen LogP contribution in [0.2, 0.25) is 0 Å². The Morgan fingerprint density at radius 3 is 2.57 bits per heavy atom. The lowest BCUT2D eigenvalue weighted by Crippen LogP contribution is -2.09. The van der Waals surface area contributed by atoms with E-state index in [-0.39, 0.29) is 11.3 Å². The summed E-state index contributed by atoms with van der Waals surface area (Å²) in [5, 5.41) is 13.8. The molecule has 0 atom stereocenters. The van der Waals surface area contributed by atoms with Gasteiger partial charge in [0.05, 0.1) is 28.9 Å². The maximum atomic E-state index is 12.4. The van der Waals surface area contributed by atoms with Crippen LogP contribution in [0.1, 0.15) is 5.69 Å². The second kappa shape index (κ2) is 7.29. The van der Waals surface area contributed by atoms with Crippen molar-refractivity contribution in [1.82, 2.24) is 9.97 Å². The van der Waals surface area contributed by atoms with Gasteiger partial charge in [0.15, 0.2) is 0 Å². The van der Waals surface area contributed by atoms with E-state index in [1.807, 2.05) is 54.6 Å². The summed E-state index contributed by atoms with van der Waals surface area (Å²) in [4.78, 5) is 24.4. The van der Waals surface area contributed by atoms with E-state index in [0.717, 1.165) is 16.2 Å². The maximum Gasteiger partial charge on any atom is 0.257 e. The van der Waals surface area contributed by atoms with Crippen molar-refractivity contribution in [2.75, 3.05) is 0 Å². The molecule has 0 radical (unpaired) electrons. The molecule has 0 aliphatic rings. The van der Waals surface area contributed by atoms with Crippen molar-refractivity contribution < 1.29 is 5.11 Å². The highest BCUT2D eigenvalue weighted by Gasteiger charge is 2.11. The van der Waals surface area contributed by atoms with E-state index in [9.17, 15) is 9.90 Å². The molecule has 5 aromatic rings. The summed E-state index contributed by atoms with van der Waals surface area (Å²) in [5.41, 5.74) is 2.20. The van der Waals surface area contributed by atoms with E-state index in [1.165, 1.54) is 0 Å². The fraction of sp³-hybridized carbons (Fsp3) is 0. The molecule has 5 rings (SSSR count). The lowest BCUT2D eigenvalue weighted by Gasteiger charge is -2.08. The molecule has 0 bridgehead atoms. The Hall–Kier alpha value is -4.25. The summed E-state index contributed by atoms with van der Waals surface area (Å²) in [6.07, 6.45) is 3.26. The van der Waals surface area contributed by atoms with Crippen LogP contribution in [0.25, 0.3) is 32.8 Å². The second-order valence-corrected chi connectivity index (χ2v) is 6.94. The molecule has 5 nitrogen and oxygen atoms in total. The molecule has 30 heavy (non-hydrogen) atoms. The van der Waals surface area contributed by atoms with Crippen LogP contribution < -0.4 is 5.56 Å². The first-order chi connectivity index (χ1) is 14.7. The van der Waals surface area contributed by atoms with Crippen molar-refractivity contribution in [3.63, 3.8) is 0 Å². The second-order valence-electron chi connectivity index (χ2n) is 6.94. The monoisotopic (exact) mass is 391 g/mol. The average Bonchev–Trinajstić information content (AvgIpc) is 2.77. The van der Waals surface area contributed by atoms with Crippen molar-refractivity contribution in [1.29, 1.82) is 0 Å². The van der Waals surface area contributed by atoms with E-state index in [2.05, 4.69) is 9.98 Å². The van der Waals surface area contributed by atoms with Crippen LogP contribution in [0.4, 0.5) is 5.69 Å². The number of aliphatic imine (C=N–C) groups is 1. The van der Waals surface area contributed by atoms with Gasteiger partial charge in [0.2, 0.25) is 0 Å². The third kappa shape index (κ3) is 3.12. The van der Waals surface area contributed by atoms with Crippen LogP contribution in [0.15, 0.2) is 94.8 Å². The number of aromatic hydroxyl groups is 1. The van der Waals surface area contributed by atoms with Crippen LogP contribution in [-0.2, 0) is 0 Å². The summed E-state index contributed by atoms with van der Waals surface area (Å²) in [7, 11) is 0. The first-order valence-corrected chi connectivity index (χ1v) is 9.53. The number of nitrogens with zero attached hydrogens (tertiary/aromatic N) is 2. The number of nitrogens with one attached hydrogen (secondary N) is 1. The lowest BCUT2D eigenvalue weighted by molar-refractivity contribution is 0.482. The minimum atomic E-state index is -0.191. The van der Waals surface area contributed by atoms with Crippen LogP contribution in [0.3, 0.4) is 0 Å². The minimum Gasteiger partial charge on any atom is -0.507 e. The Morgan fingerprint density at radius 1 is 0.900 bits per heavy atom. The zero-order valence-electron chi connectivity index (χ0n) is 15.9. The smallest absolute Gasteiger partial charge is 0.257 e. The number of aromatic amines is 1. The van der Waals surface area contributed by atoms with Gasteiger partial charge in [-0.15, -0.1) is 0 Å². The summed E-state index contributed by atoms with van der Waals surface area (Å²) in [6.45, 7) is 0. The first kappa shape index (κ1) is 17.8. The Bertz CT molecular complexity index is 1480. The highest BCUT2D eigenvalue weighted by atomic mass is 16.3. The van der Waals surface area contributed by atoms with E-state index in [1.54, 1.807) is 36.7 Å². The fourth-order valence-corrected chi connectivity index (χ4v) is 3.64. The molecule has 0 saturated heterocycles. The number of hydrogen-bond donors (Lipinski definition) is 2. The first-order valence-electron chi connectivity index (χ1n) is 9.53. The number of phenolic OH excluding ortho intramolecular Hbond substituents is 1. The van der Waals surface area contributed by atoms with Gasteiger partial charge in [-0.2, -0.15) is 0 Å². The van der Waals surface area contributed by atoms with Gasteiger partial charge in [0.1, 0.15) is 5.75 Å². The number of phenols is 1. The number of aromatic nitrogens is 2. The molecular weight excluding hydrogens is 374 g/mol. The van der Waals surface area contributed by atoms with Gasteiger partial charge in [0, 0.05) is 17.0 Å². The zero-order valence-corrected chi connectivity index (χ0v) is 15.9. The van der Waals surface area contributed by atoms with Gasteiger partial charge in [0.25, 0.3) is 5.56 Å². The maximum absolute atomic E-state index is 12.4. The predicted octanol–water partition coefficient (Wildman–Crippen LogP) is 5.20. The largest absolute Gasteiger partial charge is 0.507 e. The number of hydrogen-bond acceptors (Lipinski definition) is 4. The van der Waals surface area contributed by atoms with Crippen LogP contribution in [-0.4, -0.2) is 21.3 Å². The van der Waals surface area contributed by atoms with Crippen molar-refractivity contribution in [2.45, 2.75) is 0 Å². The quantitative estimate of drug-likeness (QED) is 0.415. The van der Waals surface area contributed by atoms with Crippen molar-refractivity contribution >= 4 is 33.4 Å². The van der Waals surface area contributed by atoms with Gasteiger partial charge >= 0.3 is 0 Å². The van der Waals surface area contributed by atoms with Crippen LogP contribution in [0.5, 0.6) is 5.75 Å². The Morgan fingerprint density at radius 2 is 1.70 bits per heavy atom. The molecule has 3 aromatic carbocycles. The molecule has 2 N–H and O–H groups in total. The number of pyridine rings is 2. The fourth-order valence-electron chi connectivity index (χ4n) is 3.64. The number of benzene rings is 3. The van der Waals surface area contributed by atoms with Gasteiger partial charge in [-0.1, -0.05) is 48.5 Å². The minimum absolute atomic E-state index is 0.184. The normalized spacial score (nSPS) is 11.5. The van der Waals surface area contributed by atoms with Gasteiger partial charge in [-0.25, -0.2) is 4.98 Å². The number of fused-ring (bicyclic) bond motifs is 2. The van der Waals surface area contributed by atoms with E-state index >= 15 is 0 Å². The van der Waals surface area contributed by atoms with Gasteiger partial charge < -0.3 is 10.1 Å². The molecular formula is C25H17N3O2. The summed E-state index contributed by atoms with van der Waals surface area (Å²) >= 11 is 0. The topological polar surface area (TPSA) is 78.3 Å². The average molecular weight is 391 g/mol. The zero-order chi connectivity index (χ0) is 20.5. The van der Waals surface area contributed by atoms with Gasteiger partial charge in [-0.3, -0.25) is 9.79 Å². The van der Waals surface area contributed by atoms with E-state index in [0.29, 0.717) is 28.0 Å². The molecule has 5 heteroatoms. The van der Waals surface area contributed by atoms with Crippen molar-refractivity contribution in [3.8, 4) is 17.0 Å². The molecule has 0 fully saturated rings. The Labute approximate surface area is 172 Å². The third-order valence-corrected chi connectivity index (χ3v) is 5.03. The molecule has 0 aliphatic carbocycles. The number of rotatable bonds is 3. The number of H-pyrrole nitrogens is 1. The summed E-state index contributed by atoms with van der Waals surface area (Å²) < 4.78 is 0. The predicted molar refractivity (Wildman–Crippen MR) is 121 cm³/mol. The molecule has 0 saturated carbocycles. The standard InChI is InChI=1S/C25H17N3O2/c29-22-12-4-8-16-7-3-11-21(23(16)22)27-15-18-14-17-6-1-2-9-19(17)24(28-18)20-10-5-13-26-25(20)30/h1-15,29H,(H,26,30). The molecule has 0 unspecified atom stereocenters. The molecule has 0 aliphatic heterocycles. The lowest BCUT2D eigenvalue weighted by atomic mass is 10.0. The van der Waals surface area contributed by atoms with E-state index in [4.69, 9.17) is 4.98 Å². The summed E-state index contributed by atoms with van der Waals surface area (Å²) in [6, 6.07) is 24.4. The third-order valence-electron chi connectivity index (χ3n) is 5.03. The van der Waals surface area contributed by atoms with E-state index < -0.39 is 0 Å². The van der Waals surface area contributed by atoms with Crippen molar-refractivity contribution in [3.05, 3.63) is 101 Å². The Kier molecular flexibility index (Phi) is 4.33.